The highest BCUT2D eigenvalue weighted by Gasteiger charge is 2.25. The highest BCUT2D eigenvalue weighted by molar-refractivity contribution is 6.29. The lowest BCUT2D eigenvalue weighted by atomic mass is 9.93. The van der Waals surface area contributed by atoms with Crippen LogP contribution in [0.1, 0.15) is 64.1 Å². The van der Waals surface area contributed by atoms with Crippen molar-refractivity contribution < 1.29 is 4.84 Å². The SMILES string of the molecule is C#[N+]OC(C)(C)C.CN(c1c(C#N)c(=O)n(C)c2ccc(Cl)nc12)C1CCCCC1.Cc1cnccn1. The Morgan fingerprint density at radius 2 is 1.92 bits per heavy atom. The van der Waals surface area contributed by atoms with Crippen LogP contribution in [0.3, 0.4) is 0 Å². The largest absolute Gasteiger partial charge is 0.369 e. The van der Waals surface area contributed by atoms with Crippen LogP contribution in [-0.4, -0.2) is 38.2 Å². The Labute approximate surface area is 223 Å². The maximum atomic E-state index is 12.6. The maximum absolute atomic E-state index is 12.6. The number of aromatic nitrogens is 4. The van der Waals surface area contributed by atoms with Crippen LogP contribution in [0.25, 0.3) is 16.0 Å². The number of pyridine rings is 2. The van der Waals surface area contributed by atoms with Gasteiger partial charge in [-0.3, -0.25) is 14.8 Å². The van der Waals surface area contributed by atoms with Crippen LogP contribution >= 0.6 is 11.6 Å². The molecule has 37 heavy (non-hydrogen) atoms. The second-order valence-electron chi connectivity index (χ2n) is 9.76. The van der Waals surface area contributed by atoms with Crippen molar-refractivity contribution in [3.05, 3.63) is 62.5 Å². The number of halogens is 1. The lowest BCUT2D eigenvalue weighted by Crippen LogP contribution is -2.36. The van der Waals surface area contributed by atoms with Crippen molar-refractivity contribution in [2.24, 2.45) is 7.05 Å². The monoisotopic (exact) mass is 524 g/mol. The second-order valence-corrected chi connectivity index (χ2v) is 10.1. The van der Waals surface area contributed by atoms with Gasteiger partial charge in [0.15, 0.2) is 5.60 Å². The van der Waals surface area contributed by atoms with Gasteiger partial charge >= 0.3 is 6.57 Å². The quantitative estimate of drug-likeness (QED) is 0.313. The first-order chi connectivity index (χ1) is 17.5. The molecule has 3 aromatic rings. The third kappa shape index (κ3) is 8.44. The van der Waals surface area contributed by atoms with Crippen molar-refractivity contribution >= 4 is 28.3 Å². The van der Waals surface area contributed by atoms with Crippen molar-refractivity contribution in [3.8, 4) is 12.6 Å². The third-order valence-corrected chi connectivity index (χ3v) is 6.00. The van der Waals surface area contributed by atoms with E-state index in [4.69, 9.17) is 18.2 Å². The third-order valence-electron chi connectivity index (χ3n) is 5.79. The van der Waals surface area contributed by atoms with Gasteiger partial charge in [-0.2, -0.15) is 10.1 Å². The Morgan fingerprint density at radius 1 is 1.24 bits per heavy atom. The molecule has 0 aliphatic heterocycles. The van der Waals surface area contributed by atoms with E-state index in [1.807, 2.05) is 34.7 Å². The van der Waals surface area contributed by atoms with Gasteiger partial charge < -0.3 is 9.47 Å². The van der Waals surface area contributed by atoms with Gasteiger partial charge in [0.25, 0.3) is 5.56 Å². The number of hydrogen-bond acceptors (Lipinski definition) is 7. The summed E-state index contributed by atoms with van der Waals surface area (Å²) in [6.07, 6.45) is 10.8. The van der Waals surface area contributed by atoms with Crippen LogP contribution < -0.4 is 10.5 Å². The molecule has 0 aromatic carbocycles. The Kier molecular flexibility index (Phi) is 10.8. The molecule has 0 unspecified atom stereocenters. The van der Waals surface area contributed by atoms with E-state index in [-0.39, 0.29) is 16.7 Å². The predicted octanol–water partition coefficient (Wildman–Crippen LogP) is 5.69. The minimum atomic E-state index is -0.290. The molecule has 1 aliphatic rings. The summed E-state index contributed by atoms with van der Waals surface area (Å²) in [5.41, 5.74) is 2.49. The van der Waals surface area contributed by atoms with Gasteiger partial charge in [-0.25, -0.2) is 4.98 Å². The average molecular weight is 525 g/mol. The lowest BCUT2D eigenvalue weighted by molar-refractivity contribution is 0.0725. The molecule has 1 aliphatic carbocycles. The van der Waals surface area contributed by atoms with Crippen LogP contribution in [0.4, 0.5) is 5.69 Å². The molecule has 1 fully saturated rings. The first-order valence-corrected chi connectivity index (χ1v) is 12.5. The molecular weight excluding hydrogens is 490 g/mol. The molecule has 0 radical (unpaired) electrons. The number of nitrogens with zero attached hydrogens (tertiary/aromatic N) is 7. The summed E-state index contributed by atoms with van der Waals surface area (Å²) in [5.74, 6) is 0. The van der Waals surface area contributed by atoms with Crippen LogP contribution in [0, 0.1) is 24.8 Å². The summed E-state index contributed by atoms with van der Waals surface area (Å²) in [6, 6.07) is 5.85. The van der Waals surface area contributed by atoms with E-state index < -0.39 is 0 Å². The molecule has 0 saturated heterocycles. The fourth-order valence-corrected chi connectivity index (χ4v) is 4.14. The highest BCUT2D eigenvalue weighted by Crippen LogP contribution is 2.32. The van der Waals surface area contributed by atoms with Gasteiger partial charge in [0, 0.05) is 38.7 Å². The standard InChI is InChI=1S/C17H19ClN4O.C5H6N2.C5H10NO/c1-21(11-6-4-3-5-7-11)16-12(10-19)17(23)22(2)13-8-9-14(18)20-15(13)16;1-5-4-6-2-3-7-5;1-5(2,3)7-6-4/h8-9,11H,3-7H2,1-2H3;2-4H,1H3;4H,1-3H3/q;;+1. The molecule has 0 bridgehead atoms. The zero-order valence-electron chi connectivity index (χ0n) is 22.4. The molecule has 0 N–H and O–H groups in total. The summed E-state index contributed by atoms with van der Waals surface area (Å²) in [5, 5.41) is 12.9. The first kappa shape index (κ1) is 29.5. The van der Waals surface area contributed by atoms with Gasteiger partial charge in [0.2, 0.25) is 5.01 Å². The van der Waals surface area contributed by atoms with E-state index in [0.29, 0.717) is 27.9 Å². The average Bonchev–Trinajstić information content (AvgIpc) is 2.86. The van der Waals surface area contributed by atoms with E-state index in [1.54, 1.807) is 37.8 Å². The Morgan fingerprint density at radius 3 is 2.38 bits per heavy atom. The van der Waals surface area contributed by atoms with Crippen LogP contribution in [0.5, 0.6) is 0 Å². The minimum Gasteiger partial charge on any atom is -0.369 e. The van der Waals surface area contributed by atoms with Gasteiger partial charge in [-0.05, 0) is 52.7 Å². The molecule has 9 nitrogen and oxygen atoms in total. The Balaban J connectivity index is 0.000000281. The summed E-state index contributed by atoms with van der Waals surface area (Å²) in [7, 11) is 3.61. The van der Waals surface area contributed by atoms with E-state index in [9.17, 15) is 10.1 Å². The summed E-state index contributed by atoms with van der Waals surface area (Å²) < 4.78 is 1.47. The first-order valence-electron chi connectivity index (χ1n) is 12.1. The number of nitriles is 1. The highest BCUT2D eigenvalue weighted by atomic mass is 35.5. The number of rotatable bonds is 2. The number of anilines is 1. The van der Waals surface area contributed by atoms with E-state index in [1.165, 1.54) is 23.8 Å². The zero-order chi connectivity index (χ0) is 27.6. The molecule has 3 heterocycles. The fraction of sp³-hybridized carbons (Fsp3) is 0.481. The van der Waals surface area contributed by atoms with Crippen LogP contribution in [0.2, 0.25) is 5.15 Å². The molecule has 1 saturated carbocycles. The van der Waals surface area contributed by atoms with Crippen molar-refractivity contribution in [2.45, 2.75) is 71.4 Å². The summed E-state index contributed by atoms with van der Waals surface area (Å²) >= 11 is 6.07. The summed E-state index contributed by atoms with van der Waals surface area (Å²) in [6.45, 7) is 12.3. The van der Waals surface area contributed by atoms with Crippen molar-refractivity contribution in [1.82, 2.24) is 19.5 Å². The van der Waals surface area contributed by atoms with Crippen LogP contribution in [0.15, 0.2) is 35.5 Å². The fourth-order valence-electron chi connectivity index (χ4n) is 4.00. The second kappa shape index (κ2) is 13.6. The smallest absolute Gasteiger partial charge is 0.335 e. The zero-order valence-corrected chi connectivity index (χ0v) is 23.2. The molecule has 0 atom stereocenters. The van der Waals surface area contributed by atoms with Crippen LogP contribution in [-0.2, 0) is 11.9 Å². The van der Waals surface area contributed by atoms with Gasteiger partial charge in [-0.1, -0.05) is 30.9 Å². The number of fused-ring (bicyclic) bond motifs is 1. The summed E-state index contributed by atoms with van der Waals surface area (Å²) in [4.78, 5) is 31.4. The molecule has 3 aromatic heterocycles. The van der Waals surface area contributed by atoms with Crippen molar-refractivity contribution in [3.63, 3.8) is 0 Å². The molecular formula is C27H35ClN7O2+. The van der Waals surface area contributed by atoms with Gasteiger partial charge in [0.1, 0.15) is 22.3 Å². The van der Waals surface area contributed by atoms with Crippen molar-refractivity contribution in [1.29, 1.82) is 5.26 Å². The Hall–Kier alpha value is -3.69. The van der Waals surface area contributed by atoms with E-state index in [0.717, 1.165) is 18.5 Å². The van der Waals surface area contributed by atoms with Gasteiger partial charge in [0.05, 0.1) is 16.9 Å². The molecule has 4 rings (SSSR count). The molecule has 0 amide bonds. The number of hydrogen-bond donors (Lipinski definition) is 0. The van der Waals surface area contributed by atoms with Crippen molar-refractivity contribution in [2.75, 3.05) is 11.9 Å². The van der Waals surface area contributed by atoms with E-state index >= 15 is 0 Å². The topological polar surface area (TPSA) is 101 Å². The molecule has 10 heteroatoms. The lowest BCUT2D eigenvalue weighted by Gasteiger charge is -2.33. The normalized spacial score (nSPS) is 13.2. The minimum absolute atomic E-state index is 0.142. The maximum Gasteiger partial charge on any atom is 0.335 e. The van der Waals surface area contributed by atoms with Gasteiger partial charge in [-0.15, -0.1) is 0 Å². The van der Waals surface area contributed by atoms with E-state index in [2.05, 4.69) is 35.8 Å². The Bertz CT molecular complexity index is 1320. The number of aryl methyl sites for hydroxylation is 2. The molecule has 0 spiro atoms. The predicted molar refractivity (Wildman–Crippen MR) is 148 cm³/mol. The molecule has 196 valence electrons.